The molecule has 27 heavy (non-hydrogen) atoms. The van der Waals surface area contributed by atoms with Gasteiger partial charge in [-0.25, -0.2) is 9.97 Å². The summed E-state index contributed by atoms with van der Waals surface area (Å²) in [5, 5.41) is 4.45. The van der Waals surface area contributed by atoms with E-state index in [1.54, 1.807) is 13.3 Å². The molecule has 1 fully saturated rings. The summed E-state index contributed by atoms with van der Waals surface area (Å²) in [6.45, 7) is 4.65. The zero-order valence-corrected chi connectivity index (χ0v) is 16.0. The Labute approximate surface area is 158 Å². The number of nitrogens with two attached hydrogens (primary N) is 1. The molecule has 0 saturated carbocycles. The molecular formula is C19H25N7O. The van der Waals surface area contributed by atoms with Crippen LogP contribution < -0.4 is 10.5 Å². The van der Waals surface area contributed by atoms with Crippen LogP contribution in [-0.4, -0.2) is 56.9 Å². The zero-order chi connectivity index (χ0) is 19.0. The standard InChI is InChI=1S/C19H25N7O/c1-12-18-15(24-19(20)23-12)10-22-26(18)11-16-17(27-3)8-14(9-21-16)13-4-6-25(2)7-5-13/h8-10,13H,4-7,11H2,1-3H3,(H2,20,23,24). The number of fused-ring (bicyclic) bond motifs is 1. The molecule has 0 amide bonds. The lowest BCUT2D eigenvalue weighted by molar-refractivity contribution is 0.255. The molecule has 0 spiro atoms. The van der Waals surface area contributed by atoms with Crippen molar-refractivity contribution < 1.29 is 4.74 Å². The average Bonchev–Trinajstić information content (AvgIpc) is 3.05. The Balaban J connectivity index is 1.63. The van der Waals surface area contributed by atoms with Crippen molar-refractivity contribution >= 4 is 17.0 Å². The molecule has 0 aliphatic carbocycles. The van der Waals surface area contributed by atoms with Gasteiger partial charge in [0.25, 0.3) is 0 Å². The van der Waals surface area contributed by atoms with Gasteiger partial charge in [0.05, 0.1) is 25.5 Å². The van der Waals surface area contributed by atoms with Crippen LogP contribution in [0.5, 0.6) is 5.75 Å². The highest BCUT2D eigenvalue weighted by molar-refractivity contribution is 5.77. The molecule has 1 aliphatic heterocycles. The van der Waals surface area contributed by atoms with Crippen LogP contribution in [0.2, 0.25) is 0 Å². The molecule has 142 valence electrons. The number of hydrogen-bond acceptors (Lipinski definition) is 7. The van der Waals surface area contributed by atoms with Crippen LogP contribution in [0.1, 0.15) is 35.7 Å². The van der Waals surface area contributed by atoms with E-state index in [1.165, 1.54) is 5.56 Å². The Kier molecular flexibility index (Phi) is 4.65. The second kappa shape index (κ2) is 7.11. The predicted octanol–water partition coefficient (Wildman–Crippen LogP) is 1.98. The van der Waals surface area contributed by atoms with Crippen molar-refractivity contribution in [1.29, 1.82) is 0 Å². The van der Waals surface area contributed by atoms with Crippen molar-refractivity contribution in [3.8, 4) is 5.75 Å². The SMILES string of the molecule is COc1cc(C2CCN(C)CC2)cnc1Cn1ncc2nc(N)nc(C)c21. The van der Waals surface area contributed by atoms with Gasteiger partial charge in [-0.3, -0.25) is 9.67 Å². The minimum absolute atomic E-state index is 0.262. The van der Waals surface area contributed by atoms with E-state index in [4.69, 9.17) is 15.5 Å². The molecule has 8 nitrogen and oxygen atoms in total. The van der Waals surface area contributed by atoms with Crippen LogP contribution >= 0.6 is 0 Å². The van der Waals surface area contributed by atoms with E-state index in [0.717, 1.165) is 54.1 Å². The third kappa shape index (κ3) is 3.44. The summed E-state index contributed by atoms with van der Waals surface area (Å²) in [5.41, 5.74) is 10.2. The fourth-order valence-corrected chi connectivity index (χ4v) is 3.81. The number of ether oxygens (including phenoxy) is 1. The van der Waals surface area contributed by atoms with Gasteiger partial charge in [-0.1, -0.05) is 0 Å². The van der Waals surface area contributed by atoms with Crippen molar-refractivity contribution in [1.82, 2.24) is 29.6 Å². The molecule has 2 N–H and O–H groups in total. The zero-order valence-electron chi connectivity index (χ0n) is 16.0. The maximum Gasteiger partial charge on any atom is 0.220 e. The number of methoxy groups -OCH3 is 1. The Bertz CT molecular complexity index is 960. The highest BCUT2D eigenvalue weighted by Gasteiger charge is 2.20. The molecule has 4 heterocycles. The summed E-state index contributed by atoms with van der Waals surface area (Å²) < 4.78 is 7.49. The number of nitrogen functional groups attached to an aromatic ring is 1. The van der Waals surface area contributed by atoms with E-state index < -0.39 is 0 Å². The number of rotatable bonds is 4. The quantitative estimate of drug-likeness (QED) is 0.753. The molecule has 0 atom stereocenters. The van der Waals surface area contributed by atoms with Gasteiger partial charge < -0.3 is 15.4 Å². The van der Waals surface area contributed by atoms with Crippen LogP contribution in [0, 0.1) is 6.92 Å². The van der Waals surface area contributed by atoms with Gasteiger partial charge in [0.2, 0.25) is 5.95 Å². The smallest absolute Gasteiger partial charge is 0.220 e. The number of hydrogen-bond donors (Lipinski definition) is 1. The van der Waals surface area contributed by atoms with Crippen LogP contribution in [0.15, 0.2) is 18.5 Å². The van der Waals surface area contributed by atoms with E-state index in [2.05, 4.69) is 33.1 Å². The number of anilines is 1. The van der Waals surface area contributed by atoms with Gasteiger partial charge in [0.1, 0.15) is 22.5 Å². The van der Waals surface area contributed by atoms with Crippen molar-refractivity contribution in [3.05, 3.63) is 35.4 Å². The highest BCUT2D eigenvalue weighted by Crippen LogP contribution is 2.31. The highest BCUT2D eigenvalue weighted by atomic mass is 16.5. The summed E-state index contributed by atoms with van der Waals surface area (Å²) in [4.78, 5) is 15.6. The van der Waals surface area contributed by atoms with E-state index in [-0.39, 0.29) is 5.95 Å². The lowest BCUT2D eigenvalue weighted by Crippen LogP contribution is -2.29. The second-order valence-corrected chi connectivity index (χ2v) is 7.20. The first-order valence-corrected chi connectivity index (χ1v) is 9.22. The number of aromatic nitrogens is 5. The maximum atomic E-state index is 5.73. The lowest BCUT2D eigenvalue weighted by Gasteiger charge is -2.29. The Morgan fingerprint density at radius 1 is 1.22 bits per heavy atom. The number of aryl methyl sites for hydroxylation is 1. The Morgan fingerprint density at radius 3 is 2.74 bits per heavy atom. The fraction of sp³-hybridized carbons (Fsp3) is 0.474. The number of piperidine rings is 1. The van der Waals surface area contributed by atoms with E-state index in [0.29, 0.717) is 12.5 Å². The summed E-state index contributed by atoms with van der Waals surface area (Å²) in [6.07, 6.45) is 6.01. The molecule has 0 bridgehead atoms. The van der Waals surface area contributed by atoms with Crippen LogP contribution in [0.3, 0.4) is 0 Å². The van der Waals surface area contributed by atoms with Crippen molar-refractivity contribution in [3.63, 3.8) is 0 Å². The van der Waals surface area contributed by atoms with Gasteiger partial charge >= 0.3 is 0 Å². The molecule has 8 heteroatoms. The molecule has 3 aromatic rings. The molecule has 0 radical (unpaired) electrons. The summed E-state index contributed by atoms with van der Waals surface area (Å²) >= 11 is 0. The van der Waals surface area contributed by atoms with Gasteiger partial charge in [0, 0.05) is 6.20 Å². The van der Waals surface area contributed by atoms with Gasteiger partial charge in [-0.2, -0.15) is 5.10 Å². The van der Waals surface area contributed by atoms with E-state index in [1.807, 2.05) is 17.8 Å². The van der Waals surface area contributed by atoms with E-state index in [9.17, 15) is 0 Å². The van der Waals surface area contributed by atoms with Gasteiger partial charge in [-0.15, -0.1) is 0 Å². The van der Waals surface area contributed by atoms with Crippen LogP contribution in [0.25, 0.3) is 11.0 Å². The van der Waals surface area contributed by atoms with Crippen molar-refractivity contribution in [2.45, 2.75) is 32.2 Å². The Hall–Kier alpha value is -2.74. The average molecular weight is 367 g/mol. The van der Waals surface area contributed by atoms with Gasteiger partial charge in [-0.05, 0) is 57.5 Å². The predicted molar refractivity (Wildman–Crippen MR) is 104 cm³/mol. The summed E-state index contributed by atoms with van der Waals surface area (Å²) in [5.74, 6) is 1.60. The summed E-state index contributed by atoms with van der Waals surface area (Å²) in [7, 11) is 3.86. The molecular weight excluding hydrogens is 342 g/mol. The molecule has 4 rings (SSSR count). The van der Waals surface area contributed by atoms with Gasteiger partial charge in [0.15, 0.2) is 0 Å². The van der Waals surface area contributed by atoms with Crippen LogP contribution in [0.4, 0.5) is 5.95 Å². The minimum atomic E-state index is 0.262. The van der Waals surface area contributed by atoms with E-state index >= 15 is 0 Å². The second-order valence-electron chi connectivity index (χ2n) is 7.20. The first-order chi connectivity index (χ1) is 13.0. The monoisotopic (exact) mass is 367 g/mol. The number of pyridine rings is 1. The number of nitrogens with zero attached hydrogens (tertiary/aromatic N) is 6. The third-order valence-corrected chi connectivity index (χ3v) is 5.34. The maximum absolute atomic E-state index is 5.73. The lowest BCUT2D eigenvalue weighted by atomic mass is 9.90. The molecule has 3 aromatic heterocycles. The molecule has 0 aromatic carbocycles. The largest absolute Gasteiger partial charge is 0.495 e. The minimum Gasteiger partial charge on any atom is -0.495 e. The molecule has 0 unspecified atom stereocenters. The molecule has 1 saturated heterocycles. The fourth-order valence-electron chi connectivity index (χ4n) is 3.81. The third-order valence-electron chi connectivity index (χ3n) is 5.34. The Morgan fingerprint density at radius 2 is 2.00 bits per heavy atom. The first kappa shape index (κ1) is 17.7. The van der Waals surface area contributed by atoms with Crippen LogP contribution in [-0.2, 0) is 6.54 Å². The first-order valence-electron chi connectivity index (χ1n) is 9.22. The van der Waals surface area contributed by atoms with Crippen molar-refractivity contribution in [2.24, 2.45) is 0 Å². The summed E-state index contributed by atoms with van der Waals surface area (Å²) in [6, 6.07) is 2.13. The normalized spacial score (nSPS) is 16.1. The molecule has 1 aliphatic rings. The topological polar surface area (TPSA) is 95.0 Å². The number of likely N-dealkylation sites (tertiary alicyclic amines) is 1. The van der Waals surface area contributed by atoms with Crippen molar-refractivity contribution in [2.75, 3.05) is 33.0 Å².